The third-order valence-electron chi connectivity index (χ3n) is 6.98. The fourth-order valence-corrected chi connectivity index (χ4v) is 5.41. The summed E-state index contributed by atoms with van der Waals surface area (Å²) in [5.74, 6) is -1.35. The molecule has 1 aromatic carbocycles. The normalized spacial score (nSPS) is 18.8. The Bertz CT molecular complexity index is 979. The summed E-state index contributed by atoms with van der Waals surface area (Å²) in [7, 11) is -2.22. The first-order valence-corrected chi connectivity index (χ1v) is 15.2. The van der Waals surface area contributed by atoms with Crippen molar-refractivity contribution >= 4 is 26.1 Å². The summed E-state index contributed by atoms with van der Waals surface area (Å²) in [6.07, 6.45) is -0.939. The zero-order valence-corrected chi connectivity index (χ0v) is 23.3. The molecule has 13 heteroatoms. The van der Waals surface area contributed by atoms with Crippen LogP contribution in [0.2, 0.25) is 18.1 Å². The molecule has 3 unspecified atom stereocenters. The minimum atomic E-state index is -2.22. The number of hydrogen-bond acceptors (Lipinski definition) is 9. The highest BCUT2D eigenvalue weighted by Gasteiger charge is 2.47. The first-order valence-electron chi connectivity index (χ1n) is 12.3. The van der Waals surface area contributed by atoms with E-state index in [9.17, 15) is 29.8 Å². The molecule has 0 aliphatic carbocycles. The number of esters is 1. The Hall–Kier alpha value is -3.06. The van der Waals surface area contributed by atoms with Gasteiger partial charge in [-0.15, -0.1) is 0 Å². The topological polar surface area (TPSA) is 151 Å². The van der Waals surface area contributed by atoms with E-state index in [1.165, 1.54) is 29.2 Å². The number of benzene rings is 1. The maximum atomic E-state index is 13.2. The number of hydrogen-bond donors (Lipinski definition) is 0. The molecule has 1 heterocycles. The highest BCUT2D eigenvalue weighted by Crippen LogP contribution is 2.40. The number of likely N-dealkylation sites (tertiary alicyclic amines) is 1. The van der Waals surface area contributed by atoms with E-state index in [1.54, 1.807) is 6.92 Å². The van der Waals surface area contributed by atoms with Gasteiger partial charge in [-0.1, -0.05) is 20.8 Å². The van der Waals surface area contributed by atoms with Gasteiger partial charge in [-0.25, -0.2) is 4.79 Å². The van der Waals surface area contributed by atoms with Gasteiger partial charge in [-0.05, 0) is 49.2 Å². The van der Waals surface area contributed by atoms with Gasteiger partial charge in [0.25, 0.3) is 5.69 Å². The van der Waals surface area contributed by atoms with Crippen LogP contribution in [-0.4, -0.2) is 67.0 Å². The molecule has 0 bridgehead atoms. The van der Waals surface area contributed by atoms with Crippen LogP contribution in [0, 0.1) is 26.1 Å². The second-order valence-electron chi connectivity index (χ2n) is 10.7. The number of carbonyl (C=O) groups excluding carboxylic acids is 2. The van der Waals surface area contributed by atoms with Gasteiger partial charge < -0.3 is 18.8 Å². The zero-order chi connectivity index (χ0) is 28.0. The lowest BCUT2D eigenvalue weighted by Crippen LogP contribution is -2.45. The molecule has 12 nitrogen and oxygen atoms in total. The Balaban J connectivity index is 2.25. The maximum absolute atomic E-state index is 13.2. The standard InChI is InChI=1S/C24H37N3O9Si/c1-7-34-22(28)12-18(14-26(30)31)21-13-20(36-37(5,6)24(2,3)4)15-25(21)23(29)35-16-17-8-10-19(11-9-17)27(32)33/h8-11,18,20-21H,7,12-16H2,1-6H3. The average Bonchev–Trinajstić information content (AvgIpc) is 3.19. The lowest BCUT2D eigenvalue weighted by atomic mass is 9.93. The molecule has 1 aliphatic heterocycles. The fraction of sp³-hybridized carbons (Fsp3) is 0.667. The van der Waals surface area contributed by atoms with Crippen LogP contribution in [0.15, 0.2) is 24.3 Å². The molecule has 0 N–H and O–H groups in total. The van der Waals surface area contributed by atoms with Gasteiger partial charge in [-0.2, -0.15) is 0 Å². The van der Waals surface area contributed by atoms with Crippen molar-refractivity contribution in [2.45, 2.75) is 77.4 Å². The molecule has 0 saturated carbocycles. The van der Waals surface area contributed by atoms with Gasteiger partial charge in [0.05, 0.1) is 30.0 Å². The molecule has 0 spiro atoms. The van der Waals surface area contributed by atoms with Crippen molar-refractivity contribution in [2.24, 2.45) is 5.92 Å². The number of carbonyl (C=O) groups is 2. The van der Waals surface area contributed by atoms with E-state index >= 15 is 0 Å². The third-order valence-corrected chi connectivity index (χ3v) is 11.5. The maximum Gasteiger partial charge on any atom is 0.410 e. The van der Waals surface area contributed by atoms with E-state index in [1.807, 2.05) is 0 Å². The number of ether oxygens (including phenoxy) is 2. The lowest BCUT2D eigenvalue weighted by Gasteiger charge is -2.38. The number of rotatable bonds is 11. The summed E-state index contributed by atoms with van der Waals surface area (Å²) in [6, 6.07) is 4.96. The fourth-order valence-electron chi connectivity index (χ4n) is 4.05. The molecule has 0 aromatic heterocycles. The van der Waals surface area contributed by atoms with Gasteiger partial charge in [0.1, 0.15) is 6.61 Å². The van der Waals surface area contributed by atoms with E-state index < -0.39 is 48.7 Å². The molecule has 206 valence electrons. The predicted molar refractivity (Wildman–Crippen MR) is 137 cm³/mol. The van der Waals surface area contributed by atoms with E-state index in [4.69, 9.17) is 13.9 Å². The van der Waals surface area contributed by atoms with Crippen molar-refractivity contribution in [1.82, 2.24) is 4.90 Å². The highest BCUT2D eigenvalue weighted by molar-refractivity contribution is 6.74. The van der Waals surface area contributed by atoms with E-state index in [-0.39, 0.29) is 43.0 Å². The van der Waals surface area contributed by atoms with Crippen molar-refractivity contribution < 1.29 is 33.3 Å². The Labute approximate surface area is 217 Å². The Morgan fingerprint density at radius 2 is 1.76 bits per heavy atom. The van der Waals surface area contributed by atoms with Gasteiger partial charge >= 0.3 is 12.1 Å². The predicted octanol–water partition coefficient (Wildman–Crippen LogP) is 4.54. The summed E-state index contributed by atoms with van der Waals surface area (Å²) in [6.45, 7) is 11.8. The second-order valence-corrected chi connectivity index (χ2v) is 15.5. The third kappa shape index (κ3) is 8.49. The molecular formula is C24H37N3O9Si. The summed E-state index contributed by atoms with van der Waals surface area (Å²) >= 11 is 0. The molecule has 1 aliphatic rings. The van der Waals surface area contributed by atoms with Crippen LogP contribution in [0.3, 0.4) is 0 Å². The molecule has 1 aromatic rings. The van der Waals surface area contributed by atoms with E-state index in [2.05, 4.69) is 33.9 Å². The molecular weight excluding hydrogens is 502 g/mol. The molecule has 0 radical (unpaired) electrons. The Morgan fingerprint density at radius 3 is 2.27 bits per heavy atom. The van der Waals surface area contributed by atoms with Crippen LogP contribution in [0.4, 0.5) is 10.5 Å². The summed E-state index contributed by atoms with van der Waals surface area (Å²) in [5, 5.41) is 22.2. The zero-order valence-electron chi connectivity index (χ0n) is 22.3. The van der Waals surface area contributed by atoms with Crippen molar-refractivity contribution in [3.05, 3.63) is 50.1 Å². The number of nitrogens with zero attached hydrogens (tertiary/aromatic N) is 3. The minimum absolute atomic E-state index is 0.0816. The number of non-ortho nitro benzene ring substituents is 1. The van der Waals surface area contributed by atoms with Crippen LogP contribution in [0.5, 0.6) is 0 Å². The van der Waals surface area contributed by atoms with Gasteiger partial charge in [0.2, 0.25) is 6.54 Å². The van der Waals surface area contributed by atoms with Crippen LogP contribution >= 0.6 is 0 Å². The molecule has 1 fully saturated rings. The average molecular weight is 540 g/mol. The first kappa shape index (κ1) is 30.2. The van der Waals surface area contributed by atoms with Crippen LogP contribution in [-0.2, 0) is 25.3 Å². The minimum Gasteiger partial charge on any atom is -0.466 e. The summed E-state index contributed by atoms with van der Waals surface area (Å²) in [5.41, 5.74) is 0.471. The Morgan fingerprint density at radius 1 is 1.14 bits per heavy atom. The van der Waals surface area contributed by atoms with Crippen LogP contribution < -0.4 is 0 Å². The molecule has 1 amide bonds. The molecule has 3 atom stereocenters. The van der Waals surface area contributed by atoms with E-state index in [0.29, 0.717) is 12.0 Å². The lowest BCUT2D eigenvalue weighted by molar-refractivity contribution is -0.489. The highest BCUT2D eigenvalue weighted by atomic mass is 28.4. The largest absolute Gasteiger partial charge is 0.466 e. The summed E-state index contributed by atoms with van der Waals surface area (Å²) < 4.78 is 17.0. The molecule has 1 saturated heterocycles. The monoisotopic (exact) mass is 539 g/mol. The first-order chi connectivity index (χ1) is 17.1. The Kier molecular flexibility index (Phi) is 10.2. The van der Waals surface area contributed by atoms with Crippen molar-refractivity contribution in [1.29, 1.82) is 0 Å². The SMILES string of the molecule is CCOC(=O)CC(C[N+](=O)[O-])C1CC(O[Si](C)(C)C(C)(C)C)CN1C(=O)OCc1ccc([N+](=O)[O-])cc1. The van der Waals surface area contributed by atoms with Crippen molar-refractivity contribution in [2.75, 3.05) is 19.7 Å². The number of nitro benzene ring substituents is 1. The number of amides is 1. The van der Waals surface area contributed by atoms with E-state index in [0.717, 1.165) is 0 Å². The molecule has 37 heavy (non-hydrogen) atoms. The van der Waals surface area contributed by atoms with Crippen molar-refractivity contribution in [3.63, 3.8) is 0 Å². The van der Waals surface area contributed by atoms with Gasteiger partial charge in [0, 0.05) is 29.6 Å². The number of nitro groups is 2. The van der Waals surface area contributed by atoms with Crippen LogP contribution in [0.25, 0.3) is 0 Å². The van der Waals surface area contributed by atoms with Crippen LogP contribution in [0.1, 0.15) is 46.1 Å². The molecule has 2 rings (SSSR count). The van der Waals surface area contributed by atoms with Gasteiger partial charge in [-0.3, -0.25) is 25.0 Å². The second kappa shape index (κ2) is 12.5. The van der Waals surface area contributed by atoms with Gasteiger partial charge in [0.15, 0.2) is 8.32 Å². The summed E-state index contributed by atoms with van der Waals surface area (Å²) in [4.78, 5) is 48.1. The quantitative estimate of drug-likeness (QED) is 0.171. The van der Waals surface area contributed by atoms with Crippen molar-refractivity contribution in [3.8, 4) is 0 Å². The smallest absolute Gasteiger partial charge is 0.410 e.